The molecule has 18 atom stereocenters. The molecule has 0 aromatic rings. The van der Waals surface area contributed by atoms with Gasteiger partial charge in [0.15, 0.2) is 24.0 Å². The number of Topliss-reactive ketones (excluding diaryl/α,β-unsaturated/α-hetero) is 1. The Labute approximate surface area is 285 Å². The highest BCUT2D eigenvalue weighted by molar-refractivity contribution is 5.92. The van der Waals surface area contributed by atoms with E-state index in [1.165, 1.54) is 7.11 Å². The van der Waals surface area contributed by atoms with Crippen LogP contribution in [0.4, 0.5) is 0 Å². The standard InChI is InChI=1S/C35H61NO12/c1-16-14-35(15-43-35)32(40)19(4)27(37)18(3)22(7)46-33(41)21(6)31(47-26-13-25(42-11)28(38)23(8)45-26)20(5)30(16)48-34-29(39)24(36(9)10)12-17(2)44-34/h16-31,34,37-39H,12-15H2,1-11H3/t16-,17+,18-,19+,20+,21-,22+,23-,24-,25+,26-,27-,28-,29+,30-,31-,34-,35+/m0/s1. The number of likely N-dealkylation sites (N-methyl/N-ethyl adjacent to an activating group) is 1. The molecule has 0 aliphatic carbocycles. The van der Waals surface area contributed by atoms with Crippen LogP contribution in [0, 0.1) is 29.6 Å². The molecule has 3 N–H and O–H groups in total. The number of nitrogens with zero attached hydrogens (tertiary/aromatic N) is 1. The fourth-order valence-corrected chi connectivity index (χ4v) is 7.89. The van der Waals surface area contributed by atoms with Gasteiger partial charge in [0, 0.05) is 37.3 Å². The highest BCUT2D eigenvalue weighted by Crippen LogP contribution is 2.43. The van der Waals surface area contributed by atoms with Crippen LogP contribution in [0.1, 0.15) is 74.7 Å². The first-order valence-corrected chi connectivity index (χ1v) is 17.7. The highest BCUT2D eigenvalue weighted by atomic mass is 16.7. The fraction of sp³-hybridized carbons (Fsp3) is 0.943. The van der Waals surface area contributed by atoms with Crippen LogP contribution >= 0.6 is 0 Å². The Kier molecular flexibility index (Phi) is 13.1. The molecule has 4 rings (SSSR count). The average Bonchev–Trinajstić information content (AvgIpc) is 3.82. The second kappa shape index (κ2) is 16.0. The molecule has 4 heterocycles. The summed E-state index contributed by atoms with van der Waals surface area (Å²) in [7, 11) is 5.32. The van der Waals surface area contributed by atoms with E-state index in [4.69, 9.17) is 33.2 Å². The lowest BCUT2D eigenvalue weighted by Crippen LogP contribution is -2.57. The van der Waals surface area contributed by atoms with E-state index in [2.05, 4.69) is 0 Å². The van der Waals surface area contributed by atoms with Crippen molar-refractivity contribution in [2.75, 3.05) is 27.8 Å². The van der Waals surface area contributed by atoms with E-state index in [9.17, 15) is 24.9 Å². The Bertz CT molecular complexity index is 1090. The lowest BCUT2D eigenvalue weighted by molar-refractivity contribution is -0.299. The van der Waals surface area contributed by atoms with E-state index in [0.717, 1.165) is 0 Å². The number of rotatable bonds is 6. The number of aliphatic hydroxyl groups is 3. The minimum absolute atomic E-state index is 0.198. The fourth-order valence-electron chi connectivity index (χ4n) is 7.89. The summed E-state index contributed by atoms with van der Waals surface area (Å²) in [4.78, 5) is 29.7. The van der Waals surface area contributed by atoms with Gasteiger partial charge in [0.05, 0.1) is 49.1 Å². The van der Waals surface area contributed by atoms with Crippen molar-refractivity contribution in [1.82, 2.24) is 4.90 Å². The molecule has 13 heteroatoms. The molecule has 4 fully saturated rings. The molecule has 0 aromatic heterocycles. The van der Waals surface area contributed by atoms with Crippen LogP contribution in [0.2, 0.25) is 0 Å². The summed E-state index contributed by atoms with van der Waals surface area (Å²) in [6.45, 7) is 14.6. The smallest absolute Gasteiger partial charge is 0.311 e. The third kappa shape index (κ3) is 8.43. The van der Waals surface area contributed by atoms with Gasteiger partial charge in [0.1, 0.15) is 18.3 Å². The SMILES string of the molecule is CO[C@@H]1C[C@H](O[C@H]2[C@H](C)[C@@H](O[C@@H]3O[C@H](C)C[C@H](N(C)C)[C@H]3O)[C@@H](C)C[C@@]3(CO3)C(=O)[C@H](C)[C@@H](O)[C@@H](C)[C@@H](C)OC(=O)[C@H]2C)O[C@@H](C)[C@@H]1O. The van der Waals surface area contributed by atoms with Gasteiger partial charge in [-0.15, -0.1) is 0 Å². The molecule has 0 radical (unpaired) electrons. The van der Waals surface area contributed by atoms with Gasteiger partial charge in [-0.2, -0.15) is 0 Å². The van der Waals surface area contributed by atoms with Crippen LogP contribution in [-0.4, -0.2) is 139 Å². The number of ether oxygens (including phenoxy) is 7. The van der Waals surface area contributed by atoms with Crippen molar-refractivity contribution in [3.05, 3.63) is 0 Å². The Balaban J connectivity index is 1.75. The second-order valence-electron chi connectivity index (χ2n) is 15.3. The minimum atomic E-state index is -1.10. The molecular formula is C35H61NO12. The summed E-state index contributed by atoms with van der Waals surface area (Å²) in [6.07, 6.45) is -7.15. The number of carbonyl (C=O) groups excluding carboxylic acids is 2. The lowest BCUT2D eigenvalue weighted by Gasteiger charge is -2.46. The van der Waals surface area contributed by atoms with Crippen molar-refractivity contribution in [3.8, 4) is 0 Å². The van der Waals surface area contributed by atoms with Crippen LogP contribution in [0.15, 0.2) is 0 Å². The molecule has 48 heavy (non-hydrogen) atoms. The number of carbonyl (C=O) groups is 2. The quantitative estimate of drug-likeness (QED) is 0.274. The van der Waals surface area contributed by atoms with E-state index in [-0.39, 0.29) is 43.3 Å². The number of hydrogen-bond donors (Lipinski definition) is 3. The van der Waals surface area contributed by atoms with Gasteiger partial charge in [-0.05, 0) is 60.5 Å². The number of aliphatic hydroxyl groups excluding tert-OH is 3. The molecule has 4 saturated heterocycles. The number of cyclic esters (lactones) is 1. The Hall–Kier alpha value is -1.26. The summed E-state index contributed by atoms with van der Waals surface area (Å²) < 4.78 is 43.0. The number of hydrogen-bond acceptors (Lipinski definition) is 13. The van der Waals surface area contributed by atoms with E-state index < -0.39 is 96.7 Å². The summed E-state index contributed by atoms with van der Waals surface area (Å²) in [5, 5.41) is 33.3. The van der Waals surface area contributed by atoms with Crippen LogP contribution in [0.3, 0.4) is 0 Å². The third-order valence-electron chi connectivity index (χ3n) is 11.4. The average molecular weight is 688 g/mol. The molecule has 0 saturated carbocycles. The van der Waals surface area contributed by atoms with Gasteiger partial charge < -0.3 is 53.4 Å². The van der Waals surface area contributed by atoms with E-state index in [1.807, 2.05) is 39.8 Å². The van der Waals surface area contributed by atoms with Crippen LogP contribution in [0.25, 0.3) is 0 Å². The van der Waals surface area contributed by atoms with Crippen molar-refractivity contribution in [1.29, 1.82) is 0 Å². The number of esters is 1. The maximum Gasteiger partial charge on any atom is 0.311 e. The molecule has 4 aliphatic heterocycles. The largest absolute Gasteiger partial charge is 0.462 e. The van der Waals surface area contributed by atoms with Crippen molar-refractivity contribution in [2.24, 2.45) is 29.6 Å². The van der Waals surface area contributed by atoms with E-state index in [1.54, 1.807) is 34.6 Å². The maximum atomic E-state index is 13.9. The molecule has 0 bridgehead atoms. The van der Waals surface area contributed by atoms with Crippen molar-refractivity contribution in [3.63, 3.8) is 0 Å². The van der Waals surface area contributed by atoms with Crippen molar-refractivity contribution < 1.29 is 58.1 Å². The molecule has 0 unspecified atom stereocenters. The number of epoxide rings is 1. The number of methoxy groups -OCH3 is 1. The summed E-state index contributed by atoms with van der Waals surface area (Å²) in [5.74, 6) is -3.74. The summed E-state index contributed by atoms with van der Waals surface area (Å²) >= 11 is 0. The molecule has 4 aliphatic rings. The zero-order chi connectivity index (χ0) is 35.8. The Morgan fingerprint density at radius 1 is 0.792 bits per heavy atom. The first kappa shape index (κ1) is 39.5. The Morgan fingerprint density at radius 3 is 2.02 bits per heavy atom. The molecule has 0 amide bonds. The van der Waals surface area contributed by atoms with E-state index >= 15 is 0 Å². The lowest BCUT2D eigenvalue weighted by atomic mass is 9.76. The van der Waals surface area contributed by atoms with Gasteiger partial charge in [-0.3, -0.25) is 9.59 Å². The van der Waals surface area contributed by atoms with Crippen molar-refractivity contribution in [2.45, 2.75) is 154 Å². The zero-order valence-electron chi connectivity index (χ0n) is 30.6. The monoisotopic (exact) mass is 687 g/mol. The molecule has 0 aromatic carbocycles. The third-order valence-corrected chi connectivity index (χ3v) is 11.4. The van der Waals surface area contributed by atoms with Crippen LogP contribution in [0.5, 0.6) is 0 Å². The van der Waals surface area contributed by atoms with E-state index in [0.29, 0.717) is 6.42 Å². The van der Waals surface area contributed by atoms with Gasteiger partial charge in [0.2, 0.25) is 0 Å². The van der Waals surface area contributed by atoms with Gasteiger partial charge in [0.25, 0.3) is 0 Å². The molecule has 1 spiro atoms. The molecular weight excluding hydrogens is 626 g/mol. The maximum absolute atomic E-state index is 13.9. The van der Waals surface area contributed by atoms with Gasteiger partial charge in [-0.25, -0.2) is 0 Å². The number of ketones is 1. The first-order chi connectivity index (χ1) is 22.4. The summed E-state index contributed by atoms with van der Waals surface area (Å²) in [5.41, 5.74) is -1.10. The summed E-state index contributed by atoms with van der Waals surface area (Å²) in [6, 6.07) is -0.219. The predicted molar refractivity (Wildman–Crippen MR) is 174 cm³/mol. The zero-order valence-corrected chi connectivity index (χ0v) is 30.6. The second-order valence-corrected chi connectivity index (χ2v) is 15.3. The predicted octanol–water partition coefficient (Wildman–Crippen LogP) is 1.91. The highest BCUT2D eigenvalue weighted by Gasteiger charge is 2.57. The minimum Gasteiger partial charge on any atom is -0.462 e. The van der Waals surface area contributed by atoms with Gasteiger partial charge in [-0.1, -0.05) is 27.7 Å². The first-order valence-electron chi connectivity index (χ1n) is 17.7. The molecule has 278 valence electrons. The van der Waals surface area contributed by atoms with Crippen LogP contribution in [-0.2, 0) is 42.7 Å². The Morgan fingerprint density at radius 2 is 1.44 bits per heavy atom. The topological polar surface area (TPSA) is 166 Å². The van der Waals surface area contributed by atoms with Gasteiger partial charge >= 0.3 is 5.97 Å². The van der Waals surface area contributed by atoms with Crippen LogP contribution < -0.4 is 0 Å². The van der Waals surface area contributed by atoms with Crippen molar-refractivity contribution >= 4 is 11.8 Å². The normalized spacial score (nSPS) is 49.9. The molecule has 13 nitrogen and oxygen atoms in total.